The van der Waals surface area contributed by atoms with Crippen LogP contribution in [0.3, 0.4) is 0 Å². The SMILES string of the molecule is CCc1cnc(CN2C(=O)C(C)C3=C2C(C)C(=O)C=C3)cn1. The lowest BCUT2D eigenvalue weighted by molar-refractivity contribution is -0.131. The van der Waals surface area contributed by atoms with Crippen molar-refractivity contribution in [2.24, 2.45) is 11.8 Å². The number of amides is 1. The number of aromatic nitrogens is 2. The highest BCUT2D eigenvalue weighted by atomic mass is 16.2. The van der Waals surface area contributed by atoms with Gasteiger partial charge in [0.15, 0.2) is 5.78 Å². The van der Waals surface area contributed by atoms with Crippen molar-refractivity contribution < 1.29 is 9.59 Å². The maximum atomic E-state index is 12.5. The summed E-state index contributed by atoms with van der Waals surface area (Å²) in [6.45, 7) is 6.13. The van der Waals surface area contributed by atoms with E-state index in [1.165, 1.54) is 0 Å². The van der Waals surface area contributed by atoms with Crippen LogP contribution in [-0.2, 0) is 22.6 Å². The van der Waals surface area contributed by atoms with Crippen molar-refractivity contribution >= 4 is 11.7 Å². The lowest BCUT2D eigenvalue weighted by Gasteiger charge is -2.25. The van der Waals surface area contributed by atoms with Gasteiger partial charge in [-0.2, -0.15) is 0 Å². The van der Waals surface area contributed by atoms with E-state index in [0.717, 1.165) is 29.1 Å². The molecule has 5 heteroatoms. The first-order valence-corrected chi connectivity index (χ1v) is 7.60. The molecule has 2 heterocycles. The summed E-state index contributed by atoms with van der Waals surface area (Å²) in [5.74, 6) is -0.419. The molecule has 5 nitrogen and oxygen atoms in total. The number of rotatable bonds is 3. The van der Waals surface area contributed by atoms with Gasteiger partial charge in [0.1, 0.15) is 0 Å². The Morgan fingerprint density at radius 1 is 1.05 bits per heavy atom. The molecule has 2 unspecified atom stereocenters. The van der Waals surface area contributed by atoms with Gasteiger partial charge in [-0.25, -0.2) is 0 Å². The maximum absolute atomic E-state index is 12.5. The number of aryl methyl sites for hydroxylation is 1. The van der Waals surface area contributed by atoms with Crippen molar-refractivity contribution in [1.82, 2.24) is 14.9 Å². The highest BCUT2D eigenvalue weighted by Gasteiger charge is 2.41. The van der Waals surface area contributed by atoms with Crippen LogP contribution >= 0.6 is 0 Å². The highest BCUT2D eigenvalue weighted by molar-refractivity contribution is 5.99. The summed E-state index contributed by atoms with van der Waals surface area (Å²) in [6, 6.07) is 0. The first kappa shape index (κ1) is 14.6. The average Bonchev–Trinajstić information content (AvgIpc) is 2.77. The predicted molar refractivity (Wildman–Crippen MR) is 81.5 cm³/mol. The zero-order valence-corrected chi connectivity index (χ0v) is 13.0. The molecule has 0 bridgehead atoms. The van der Waals surface area contributed by atoms with Gasteiger partial charge in [-0.15, -0.1) is 0 Å². The summed E-state index contributed by atoms with van der Waals surface area (Å²) < 4.78 is 0. The maximum Gasteiger partial charge on any atom is 0.234 e. The van der Waals surface area contributed by atoms with Crippen LogP contribution in [0.5, 0.6) is 0 Å². The molecule has 0 spiro atoms. The number of carbonyl (C=O) groups excluding carboxylic acids is 2. The summed E-state index contributed by atoms with van der Waals surface area (Å²) in [5, 5.41) is 0. The smallest absolute Gasteiger partial charge is 0.234 e. The number of hydrogen-bond acceptors (Lipinski definition) is 4. The number of allylic oxidation sites excluding steroid dienone is 3. The lowest BCUT2D eigenvalue weighted by Crippen LogP contribution is -2.32. The van der Waals surface area contributed by atoms with Crippen molar-refractivity contribution in [3.63, 3.8) is 0 Å². The van der Waals surface area contributed by atoms with Gasteiger partial charge in [0.25, 0.3) is 0 Å². The topological polar surface area (TPSA) is 63.2 Å². The molecule has 114 valence electrons. The molecule has 0 fully saturated rings. The Morgan fingerprint density at radius 3 is 2.36 bits per heavy atom. The quantitative estimate of drug-likeness (QED) is 0.856. The summed E-state index contributed by atoms with van der Waals surface area (Å²) in [4.78, 5) is 34.9. The number of hydrogen-bond donors (Lipinski definition) is 0. The fourth-order valence-electron chi connectivity index (χ4n) is 3.00. The molecule has 0 radical (unpaired) electrons. The molecule has 3 rings (SSSR count). The second kappa shape index (κ2) is 5.48. The van der Waals surface area contributed by atoms with Crippen LogP contribution in [-0.4, -0.2) is 26.6 Å². The molecule has 0 aromatic carbocycles. The monoisotopic (exact) mass is 297 g/mol. The minimum Gasteiger partial charge on any atom is -0.309 e. The minimum absolute atomic E-state index is 0.0255. The molecule has 1 amide bonds. The Morgan fingerprint density at radius 2 is 1.73 bits per heavy atom. The number of carbonyl (C=O) groups is 2. The molecule has 0 saturated heterocycles. The largest absolute Gasteiger partial charge is 0.309 e. The van der Waals surface area contributed by atoms with Gasteiger partial charge < -0.3 is 4.90 Å². The van der Waals surface area contributed by atoms with Crippen LogP contribution in [0.15, 0.2) is 35.8 Å². The van der Waals surface area contributed by atoms with Crippen molar-refractivity contribution in [2.75, 3.05) is 0 Å². The molecule has 1 aliphatic carbocycles. The van der Waals surface area contributed by atoms with Gasteiger partial charge in [-0.3, -0.25) is 19.6 Å². The van der Waals surface area contributed by atoms with Crippen LogP contribution in [0.25, 0.3) is 0 Å². The van der Waals surface area contributed by atoms with Gasteiger partial charge >= 0.3 is 0 Å². The number of ketones is 1. The van der Waals surface area contributed by atoms with E-state index in [1.54, 1.807) is 29.4 Å². The van der Waals surface area contributed by atoms with Crippen molar-refractivity contribution in [2.45, 2.75) is 33.7 Å². The Kier molecular flexibility index (Phi) is 3.64. The molecule has 22 heavy (non-hydrogen) atoms. The van der Waals surface area contributed by atoms with Crippen LogP contribution < -0.4 is 0 Å². The van der Waals surface area contributed by atoms with E-state index in [4.69, 9.17) is 0 Å². The van der Waals surface area contributed by atoms with E-state index in [1.807, 2.05) is 20.8 Å². The molecular weight excluding hydrogens is 278 g/mol. The van der Waals surface area contributed by atoms with Gasteiger partial charge in [-0.05, 0) is 31.9 Å². The third-order valence-corrected chi connectivity index (χ3v) is 4.39. The van der Waals surface area contributed by atoms with E-state index in [2.05, 4.69) is 9.97 Å². The Balaban J connectivity index is 1.91. The summed E-state index contributed by atoms with van der Waals surface area (Å²) in [7, 11) is 0. The van der Waals surface area contributed by atoms with Crippen LogP contribution in [0, 0.1) is 11.8 Å². The van der Waals surface area contributed by atoms with E-state index >= 15 is 0 Å². The normalized spacial score (nSPS) is 24.2. The molecule has 1 aromatic heterocycles. The minimum atomic E-state index is -0.281. The molecule has 2 aliphatic rings. The van der Waals surface area contributed by atoms with Crippen molar-refractivity contribution in [1.29, 1.82) is 0 Å². The van der Waals surface area contributed by atoms with E-state index in [-0.39, 0.29) is 23.5 Å². The van der Waals surface area contributed by atoms with Crippen molar-refractivity contribution in [3.8, 4) is 0 Å². The Labute approximate surface area is 129 Å². The van der Waals surface area contributed by atoms with Crippen molar-refractivity contribution in [3.05, 3.63) is 47.2 Å². The Bertz CT molecular complexity index is 688. The van der Waals surface area contributed by atoms with Crippen LogP contribution in [0.2, 0.25) is 0 Å². The zero-order valence-electron chi connectivity index (χ0n) is 13.0. The van der Waals surface area contributed by atoms with E-state index in [0.29, 0.717) is 6.54 Å². The summed E-state index contributed by atoms with van der Waals surface area (Å²) in [6.07, 6.45) is 7.64. The van der Waals surface area contributed by atoms with Gasteiger partial charge in [-0.1, -0.05) is 13.0 Å². The van der Waals surface area contributed by atoms with Crippen LogP contribution in [0.4, 0.5) is 0 Å². The second-order valence-corrected chi connectivity index (χ2v) is 5.80. The third kappa shape index (κ3) is 2.26. The standard InChI is InChI=1S/C17H19N3O2/c1-4-12-7-19-13(8-18-12)9-20-16-11(3)15(21)6-5-14(16)10(2)17(20)22/h5-8,10-11H,4,9H2,1-3H3. The lowest BCUT2D eigenvalue weighted by atomic mass is 9.90. The van der Waals surface area contributed by atoms with E-state index in [9.17, 15) is 9.59 Å². The molecule has 0 N–H and O–H groups in total. The summed E-state index contributed by atoms with van der Waals surface area (Å²) >= 11 is 0. The van der Waals surface area contributed by atoms with Crippen LogP contribution in [0.1, 0.15) is 32.2 Å². The average molecular weight is 297 g/mol. The van der Waals surface area contributed by atoms with E-state index < -0.39 is 0 Å². The Hall–Kier alpha value is -2.30. The molecule has 0 saturated carbocycles. The molecule has 1 aliphatic heterocycles. The fourth-order valence-corrected chi connectivity index (χ4v) is 3.00. The number of nitrogens with zero attached hydrogens (tertiary/aromatic N) is 3. The zero-order chi connectivity index (χ0) is 15.9. The highest BCUT2D eigenvalue weighted by Crippen LogP contribution is 2.38. The first-order chi connectivity index (χ1) is 10.5. The summed E-state index contributed by atoms with van der Waals surface area (Å²) in [5.41, 5.74) is 3.44. The first-order valence-electron chi connectivity index (χ1n) is 7.60. The van der Waals surface area contributed by atoms with Gasteiger partial charge in [0.2, 0.25) is 5.91 Å². The van der Waals surface area contributed by atoms with Gasteiger partial charge in [0.05, 0.1) is 36.0 Å². The molecule has 1 aromatic rings. The van der Waals surface area contributed by atoms with Gasteiger partial charge in [0, 0.05) is 11.9 Å². The fraction of sp³-hybridized carbons (Fsp3) is 0.412. The predicted octanol–water partition coefficient (Wildman–Crippen LogP) is 2.05. The molecular formula is C17H19N3O2. The second-order valence-electron chi connectivity index (χ2n) is 5.80. The third-order valence-electron chi connectivity index (χ3n) is 4.39. The molecule has 2 atom stereocenters.